The van der Waals surface area contributed by atoms with Crippen LogP contribution in [0.5, 0.6) is 0 Å². The van der Waals surface area contributed by atoms with Crippen LogP contribution >= 0.6 is 46.4 Å². The van der Waals surface area contributed by atoms with Crippen molar-refractivity contribution in [3.8, 4) is 0 Å². The van der Waals surface area contributed by atoms with E-state index in [2.05, 4.69) is 4.74 Å². The molecule has 1 aliphatic heterocycles. The van der Waals surface area contributed by atoms with Gasteiger partial charge in [0.2, 0.25) is 0 Å². The largest absolute Gasteiger partial charge is 0.393 e. The van der Waals surface area contributed by atoms with Crippen molar-refractivity contribution in [1.29, 1.82) is 0 Å². The van der Waals surface area contributed by atoms with Crippen molar-refractivity contribution in [1.82, 2.24) is 0 Å². The topological polar surface area (TPSA) is 43.4 Å². The Morgan fingerprint density at radius 3 is 1.75 bits per heavy atom. The molecule has 2 bridgehead atoms. The number of alkyl halides is 2. The summed E-state index contributed by atoms with van der Waals surface area (Å²) >= 11 is 24.5. The number of allylic oxidation sites excluding steroid dienone is 2. The van der Waals surface area contributed by atoms with Crippen molar-refractivity contribution in [2.75, 3.05) is 0 Å². The maximum atomic E-state index is 11.5. The van der Waals surface area contributed by atoms with Crippen molar-refractivity contribution in [2.24, 2.45) is 11.8 Å². The molecule has 1 saturated heterocycles. The predicted octanol–water partition coefficient (Wildman–Crippen LogP) is 2.36. The van der Waals surface area contributed by atoms with Gasteiger partial charge in [-0.25, -0.2) is 0 Å². The van der Waals surface area contributed by atoms with Crippen LogP contribution in [-0.2, 0) is 14.3 Å². The van der Waals surface area contributed by atoms with Crippen molar-refractivity contribution in [2.45, 2.75) is 16.2 Å². The number of esters is 2. The molecule has 0 spiro atoms. The molecule has 0 N–H and O–H groups in total. The van der Waals surface area contributed by atoms with Crippen LogP contribution in [0.2, 0.25) is 0 Å². The zero-order valence-corrected chi connectivity index (χ0v) is 10.6. The number of halogens is 4. The summed E-state index contributed by atoms with van der Waals surface area (Å²) in [5.74, 6) is -2.99. The van der Waals surface area contributed by atoms with Crippen molar-refractivity contribution in [3.05, 3.63) is 10.1 Å². The highest BCUT2D eigenvalue weighted by Crippen LogP contribution is 2.69. The van der Waals surface area contributed by atoms with E-state index in [1.54, 1.807) is 0 Å². The third kappa shape index (κ3) is 0.953. The van der Waals surface area contributed by atoms with E-state index in [4.69, 9.17) is 46.4 Å². The van der Waals surface area contributed by atoms with Gasteiger partial charge in [-0.05, 0) is 6.42 Å². The Kier molecular flexibility index (Phi) is 2.01. The second kappa shape index (κ2) is 2.89. The Balaban J connectivity index is 2.25. The minimum atomic E-state index is -1.19. The highest BCUT2D eigenvalue weighted by Gasteiger charge is 2.76. The highest BCUT2D eigenvalue weighted by molar-refractivity contribution is 6.52. The second-order valence-corrected chi connectivity index (χ2v) is 6.33. The molecule has 16 heavy (non-hydrogen) atoms. The third-order valence-corrected chi connectivity index (χ3v) is 5.92. The van der Waals surface area contributed by atoms with Gasteiger partial charge in [-0.3, -0.25) is 9.59 Å². The predicted molar refractivity (Wildman–Crippen MR) is 58.6 cm³/mol. The van der Waals surface area contributed by atoms with Crippen LogP contribution in [0, 0.1) is 11.8 Å². The molecule has 86 valence electrons. The first-order valence-electron chi connectivity index (χ1n) is 4.52. The van der Waals surface area contributed by atoms with Crippen LogP contribution in [0.15, 0.2) is 10.1 Å². The molecule has 0 aromatic rings. The normalized spacial score (nSPS) is 50.0. The van der Waals surface area contributed by atoms with Gasteiger partial charge in [0.25, 0.3) is 0 Å². The van der Waals surface area contributed by atoms with Crippen LogP contribution in [0.3, 0.4) is 0 Å². The summed E-state index contributed by atoms with van der Waals surface area (Å²) in [6.45, 7) is 0. The van der Waals surface area contributed by atoms with E-state index in [-0.39, 0.29) is 16.5 Å². The maximum absolute atomic E-state index is 11.5. The Morgan fingerprint density at radius 2 is 1.38 bits per heavy atom. The smallest absolute Gasteiger partial charge is 0.319 e. The molecule has 3 nitrogen and oxygen atoms in total. The Morgan fingerprint density at radius 1 is 1.00 bits per heavy atom. The number of carbonyl (C=O) groups excluding carboxylic acids is 2. The van der Waals surface area contributed by atoms with Crippen molar-refractivity contribution < 1.29 is 14.3 Å². The molecule has 1 saturated carbocycles. The lowest BCUT2D eigenvalue weighted by Crippen LogP contribution is -2.38. The fourth-order valence-corrected chi connectivity index (χ4v) is 4.70. The van der Waals surface area contributed by atoms with Crippen molar-refractivity contribution >= 4 is 58.3 Å². The Hall–Kier alpha value is 0.0400. The van der Waals surface area contributed by atoms with Gasteiger partial charge < -0.3 is 4.74 Å². The molecule has 2 fully saturated rings. The minimum Gasteiger partial charge on any atom is -0.393 e. The van der Waals surface area contributed by atoms with Crippen LogP contribution in [0.1, 0.15) is 6.42 Å². The number of hydrogen-bond acceptors (Lipinski definition) is 3. The molecule has 0 unspecified atom stereocenters. The summed E-state index contributed by atoms with van der Waals surface area (Å²) in [7, 11) is 0. The lowest BCUT2D eigenvalue weighted by molar-refractivity contribution is -0.154. The van der Waals surface area contributed by atoms with E-state index in [0.717, 1.165) is 0 Å². The van der Waals surface area contributed by atoms with Gasteiger partial charge in [0.1, 0.15) is 0 Å². The standard InChI is InChI=1S/C9H4Cl4O3/c10-4-5(11)9(13)1-8(4,12)2-3(9)7(15)16-6(2)14/h2-3H,1H2/t2-,3-,8-,9+/m1/s1. The zero-order chi connectivity index (χ0) is 11.9. The minimum absolute atomic E-state index is 0.152. The average molecular weight is 302 g/mol. The van der Waals surface area contributed by atoms with Crippen LogP contribution in [0.4, 0.5) is 0 Å². The lowest BCUT2D eigenvalue weighted by atomic mass is 9.84. The average Bonchev–Trinajstić information content (AvgIpc) is 2.68. The second-order valence-electron chi connectivity index (χ2n) is 4.23. The first kappa shape index (κ1) is 11.1. The van der Waals surface area contributed by atoms with Gasteiger partial charge in [-0.2, -0.15) is 0 Å². The highest BCUT2D eigenvalue weighted by atomic mass is 35.5. The molecule has 0 radical (unpaired) electrons. The van der Waals surface area contributed by atoms with Crippen LogP contribution in [0.25, 0.3) is 0 Å². The fraction of sp³-hybridized carbons (Fsp3) is 0.556. The van der Waals surface area contributed by atoms with Crippen LogP contribution in [-0.4, -0.2) is 21.7 Å². The molecule has 3 rings (SSSR count). The quantitative estimate of drug-likeness (QED) is 0.392. The summed E-state index contributed by atoms with van der Waals surface area (Å²) in [5.41, 5.74) is 0. The SMILES string of the molecule is O=C1OC(=O)[C@H]2[C@H]1[C@@]1(Cl)C[C@]2(Cl)C(Cl)=C1Cl. The van der Waals surface area contributed by atoms with Gasteiger partial charge in [0.15, 0.2) is 0 Å². The van der Waals surface area contributed by atoms with Gasteiger partial charge in [-0.1, -0.05) is 23.2 Å². The van der Waals surface area contributed by atoms with Gasteiger partial charge in [-0.15, -0.1) is 23.2 Å². The monoisotopic (exact) mass is 300 g/mol. The van der Waals surface area contributed by atoms with Crippen molar-refractivity contribution in [3.63, 3.8) is 0 Å². The summed E-state index contributed by atoms with van der Waals surface area (Å²) < 4.78 is 4.55. The summed E-state index contributed by atoms with van der Waals surface area (Å²) in [6, 6.07) is 0. The summed E-state index contributed by atoms with van der Waals surface area (Å²) in [5, 5.41) is 0.303. The maximum Gasteiger partial charge on any atom is 0.319 e. The molecule has 1 heterocycles. The van der Waals surface area contributed by atoms with Gasteiger partial charge in [0, 0.05) is 0 Å². The molecule has 7 heteroatoms. The number of ether oxygens (including phenoxy) is 1. The molecular formula is C9H4Cl4O3. The van der Waals surface area contributed by atoms with Gasteiger partial charge >= 0.3 is 11.9 Å². The van der Waals surface area contributed by atoms with E-state index in [0.29, 0.717) is 0 Å². The number of carbonyl (C=O) groups is 2. The number of rotatable bonds is 0. The summed E-state index contributed by atoms with van der Waals surface area (Å²) in [6.07, 6.45) is 0.178. The molecular weight excluding hydrogens is 298 g/mol. The molecule has 0 aromatic heterocycles. The Labute approximate surface area is 111 Å². The number of cyclic esters (lactones) is 2. The molecule has 3 aliphatic rings. The number of fused-ring (bicyclic) bond motifs is 5. The van der Waals surface area contributed by atoms with Gasteiger partial charge in [0.05, 0.1) is 31.6 Å². The van der Waals surface area contributed by atoms with E-state index >= 15 is 0 Å². The zero-order valence-electron chi connectivity index (χ0n) is 7.60. The molecule has 2 aliphatic carbocycles. The van der Waals surface area contributed by atoms with E-state index in [9.17, 15) is 9.59 Å². The third-order valence-electron chi connectivity index (χ3n) is 3.47. The number of hydrogen-bond donors (Lipinski definition) is 0. The first-order chi connectivity index (χ1) is 7.32. The summed E-state index contributed by atoms with van der Waals surface area (Å²) in [4.78, 5) is 20.7. The van der Waals surface area contributed by atoms with Crippen LogP contribution < -0.4 is 0 Å². The first-order valence-corrected chi connectivity index (χ1v) is 6.03. The van der Waals surface area contributed by atoms with E-state index in [1.165, 1.54) is 0 Å². The van der Waals surface area contributed by atoms with E-state index in [1.807, 2.05) is 0 Å². The van der Waals surface area contributed by atoms with E-state index < -0.39 is 33.5 Å². The molecule has 0 aromatic carbocycles. The molecule has 4 atom stereocenters. The molecule has 0 amide bonds. The lowest BCUT2D eigenvalue weighted by Gasteiger charge is -2.27. The fourth-order valence-electron chi connectivity index (χ4n) is 2.79. The Bertz CT molecular complexity index is 433.